The van der Waals surface area contributed by atoms with Crippen LogP contribution in [0.1, 0.15) is 18.1 Å². The first-order valence-electron chi connectivity index (χ1n) is 9.25. The minimum absolute atomic E-state index is 0.0186. The Morgan fingerprint density at radius 2 is 1.67 bits per heavy atom. The van der Waals surface area contributed by atoms with E-state index in [-0.39, 0.29) is 13.0 Å². The van der Waals surface area contributed by atoms with E-state index in [1.807, 2.05) is 6.07 Å². The van der Waals surface area contributed by atoms with Crippen molar-refractivity contribution in [2.45, 2.75) is 38.1 Å². The van der Waals surface area contributed by atoms with Crippen LogP contribution in [-0.4, -0.2) is 41.2 Å². The SMILES string of the molecule is C[C@@H](O)[C@H](NC(=O)OCc1ccccc1)C(=O)N[C@@H](Cc1ccc(F)cc1)C(N)=O. The molecule has 2 aromatic carbocycles. The van der Waals surface area contributed by atoms with Crippen molar-refractivity contribution in [1.82, 2.24) is 10.6 Å². The van der Waals surface area contributed by atoms with Crippen LogP contribution in [-0.2, 0) is 27.4 Å². The number of hydrogen-bond donors (Lipinski definition) is 4. The minimum atomic E-state index is -1.37. The van der Waals surface area contributed by atoms with E-state index in [0.29, 0.717) is 5.56 Å². The van der Waals surface area contributed by atoms with Crippen LogP contribution >= 0.6 is 0 Å². The number of carbonyl (C=O) groups excluding carboxylic acids is 3. The lowest BCUT2D eigenvalue weighted by Crippen LogP contribution is -2.57. The smallest absolute Gasteiger partial charge is 0.408 e. The van der Waals surface area contributed by atoms with Gasteiger partial charge in [-0.05, 0) is 30.2 Å². The molecule has 0 saturated heterocycles. The molecule has 5 N–H and O–H groups in total. The number of carbonyl (C=O) groups is 3. The fourth-order valence-corrected chi connectivity index (χ4v) is 2.64. The highest BCUT2D eigenvalue weighted by Gasteiger charge is 2.29. The molecule has 8 nitrogen and oxygen atoms in total. The summed E-state index contributed by atoms with van der Waals surface area (Å²) in [6.45, 7) is 1.29. The average molecular weight is 417 g/mol. The number of benzene rings is 2. The van der Waals surface area contributed by atoms with Gasteiger partial charge < -0.3 is 26.2 Å². The Morgan fingerprint density at radius 3 is 2.23 bits per heavy atom. The molecule has 0 heterocycles. The normalized spacial score (nSPS) is 13.6. The molecule has 30 heavy (non-hydrogen) atoms. The average Bonchev–Trinajstić information content (AvgIpc) is 2.71. The molecule has 9 heteroatoms. The van der Waals surface area contributed by atoms with Crippen molar-refractivity contribution in [2.75, 3.05) is 0 Å². The van der Waals surface area contributed by atoms with Crippen LogP contribution in [0.2, 0.25) is 0 Å². The van der Waals surface area contributed by atoms with Gasteiger partial charge in [0.15, 0.2) is 0 Å². The van der Waals surface area contributed by atoms with Crippen molar-refractivity contribution >= 4 is 17.9 Å². The lowest BCUT2D eigenvalue weighted by Gasteiger charge is -2.23. The number of nitrogens with two attached hydrogens (primary N) is 1. The number of nitrogens with one attached hydrogen (secondary N) is 2. The molecule has 0 fully saturated rings. The van der Waals surface area contributed by atoms with Crippen molar-refractivity contribution in [3.05, 3.63) is 71.5 Å². The number of halogens is 1. The number of ether oxygens (including phenoxy) is 1. The summed E-state index contributed by atoms with van der Waals surface area (Å²) >= 11 is 0. The number of amides is 3. The molecule has 3 atom stereocenters. The molecule has 0 radical (unpaired) electrons. The number of rotatable bonds is 9. The molecule has 2 aromatic rings. The predicted octanol–water partition coefficient (Wildman–Crippen LogP) is 1.01. The van der Waals surface area contributed by atoms with E-state index in [9.17, 15) is 23.9 Å². The molecule has 0 bridgehead atoms. The van der Waals surface area contributed by atoms with Gasteiger partial charge in [-0.15, -0.1) is 0 Å². The van der Waals surface area contributed by atoms with Crippen LogP contribution < -0.4 is 16.4 Å². The van der Waals surface area contributed by atoms with Crippen LogP contribution in [0.15, 0.2) is 54.6 Å². The van der Waals surface area contributed by atoms with Crippen molar-refractivity contribution in [3.63, 3.8) is 0 Å². The minimum Gasteiger partial charge on any atom is -0.445 e. The second-order valence-corrected chi connectivity index (χ2v) is 6.72. The zero-order chi connectivity index (χ0) is 22.1. The molecule has 0 saturated carbocycles. The molecule has 160 valence electrons. The largest absolute Gasteiger partial charge is 0.445 e. The molecule has 0 aliphatic rings. The van der Waals surface area contributed by atoms with Crippen molar-refractivity contribution in [2.24, 2.45) is 5.73 Å². The monoisotopic (exact) mass is 417 g/mol. The maximum absolute atomic E-state index is 13.0. The third kappa shape index (κ3) is 7.17. The third-order valence-electron chi connectivity index (χ3n) is 4.26. The van der Waals surface area contributed by atoms with Gasteiger partial charge in [-0.1, -0.05) is 42.5 Å². The highest BCUT2D eigenvalue weighted by Crippen LogP contribution is 2.07. The van der Waals surface area contributed by atoms with E-state index in [1.54, 1.807) is 24.3 Å². The zero-order valence-corrected chi connectivity index (χ0v) is 16.4. The molecular weight excluding hydrogens is 393 g/mol. The molecule has 0 aliphatic carbocycles. The van der Waals surface area contributed by atoms with E-state index in [0.717, 1.165) is 5.56 Å². The summed E-state index contributed by atoms with van der Waals surface area (Å²) in [6.07, 6.45) is -2.16. The molecule has 0 aromatic heterocycles. The van der Waals surface area contributed by atoms with Crippen LogP contribution in [0.3, 0.4) is 0 Å². The van der Waals surface area contributed by atoms with E-state index in [4.69, 9.17) is 10.5 Å². The Morgan fingerprint density at radius 1 is 1.03 bits per heavy atom. The van der Waals surface area contributed by atoms with Gasteiger partial charge in [0.2, 0.25) is 11.8 Å². The van der Waals surface area contributed by atoms with Crippen LogP contribution in [0.25, 0.3) is 0 Å². The lowest BCUT2D eigenvalue weighted by molar-refractivity contribution is -0.130. The Bertz CT molecular complexity index is 859. The van der Waals surface area contributed by atoms with Crippen LogP contribution in [0.4, 0.5) is 9.18 Å². The van der Waals surface area contributed by atoms with Gasteiger partial charge in [0, 0.05) is 6.42 Å². The quantitative estimate of drug-likeness (QED) is 0.484. The molecule has 3 amide bonds. The summed E-state index contributed by atoms with van der Waals surface area (Å²) in [6, 6.07) is 11.8. The molecular formula is C21H24FN3O5. The summed E-state index contributed by atoms with van der Waals surface area (Å²) in [5, 5.41) is 14.6. The number of hydrogen-bond acceptors (Lipinski definition) is 5. The van der Waals surface area contributed by atoms with Gasteiger partial charge in [0.1, 0.15) is 24.5 Å². The maximum Gasteiger partial charge on any atom is 0.408 e. The topological polar surface area (TPSA) is 131 Å². The summed E-state index contributed by atoms with van der Waals surface area (Å²) < 4.78 is 18.1. The van der Waals surface area contributed by atoms with Gasteiger partial charge in [-0.25, -0.2) is 9.18 Å². The van der Waals surface area contributed by atoms with Crippen molar-refractivity contribution < 1.29 is 28.6 Å². The first kappa shape index (κ1) is 22.8. The Balaban J connectivity index is 1.97. The number of aliphatic hydroxyl groups excluding tert-OH is 1. The standard InChI is InChI=1S/C21H24FN3O5/c1-13(26)18(25-21(29)30-12-15-5-3-2-4-6-15)20(28)24-17(19(23)27)11-14-7-9-16(22)10-8-14/h2-10,13,17-18,26H,11-12H2,1H3,(H2,23,27)(H,24,28)(H,25,29)/t13-,17+,18+/m1/s1. The van der Waals surface area contributed by atoms with Gasteiger partial charge in [0.05, 0.1) is 6.10 Å². The summed E-state index contributed by atoms with van der Waals surface area (Å²) in [7, 11) is 0. The predicted molar refractivity (Wildman–Crippen MR) is 106 cm³/mol. The van der Waals surface area contributed by atoms with E-state index >= 15 is 0 Å². The summed E-state index contributed by atoms with van der Waals surface area (Å²) in [4.78, 5) is 36.3. The van der Waals surface area contributed by atoms with Crippen LogP contribution in [0, 0.1) is 5.82 Å². The Hall–Kier alpha value is -3.46. The van der Waals surface area contributed by atoms with Gasteiger partial charge in [-0.2, -0.15) is 0 Å². The second kappa shape index (κ2) is 10.9. The summed E-state index contributed by atoms with van der Waals surface area (Å²) in [5.74, 6) is -2.07. The van der Waals surface area contributed by atoms with Crippen LogP contribution in [0.5, 0.6) is 0 Å². The number of alkyl carbamates (subject to hydrolysis) is 1. The molecule has 0 unspecified atom stereocenters. The fraction of sp³-hybridized carbons (Fsp3) is 0.286. The third-order valence-corrected chi connectivity index (χ3v) is 4.26. The van der Waals surface area contributed by atoms with E-state index < -0.39 is 41.9 Å². The second-order valence-electron chi connectivity index (χ2n) is 6.72. The highest BCUT2D eigenvalue weighted by atomic mass is 19.1. The Kier molecular flexibility index (Phi) is 8.30. The molecule has 0 aliphatic heterocycles. The van der Waals surface area contributed by atoms with E-state index in [1.165, 1.54) is 31.2 Å². The van der Waals surface area contributed by atoms with Gasteiger partial charge in [-0.3, -0.25) is 9.59 Å². The first-order valence-corrected chi connectivity index (χ1v) is 9.25. The van der Waals surface area contributed by atoms with Gasteiger partial charge >= 0.3 is 6.09 Å². The fourth-order valence-electron chi connectivity index (χ4n) is 2.64. The summed E-state index contributed by atoms with van der Waals surface area (Å²) in [5.41, 5.74) is 6.67. The Labute approximate surface area is 173 Å². The first-order chi connectivity index (χ1) is 14.3. The zero-order valence-electron chi connectivity index (χ0n) is 16.4. The highest BCUT2D eigenvalue weighted by molar-refractivity contribution is 5.91. The lowest BCUT2D eigenvalue weighted by atomic mass is 10.0. The number of primary amides is 1. The molecule has 2 rings (SSSR count). The number of aliphatic hydroxyl groups is 1. The van der Waals surface area contributed by atoms with Crippen molar-refractivity contribution in [1.29, 1.82) is 0 Å². The van der Waals surface area contributed by atoms with E-state index in [2.05, 4.69) is 10.6 Å². The van der Waals surface area contributed by atoms with Crippen molar-refractivity contribution in [3.8, 4) is 0 Å². The maximum atomic E-state index is 13.0. The molecule has 0 spiro atoms. The van der Waals surface area contributed by atoms with Gasteiger partial charge in [0.25, 0.3) is 0 Å².